The summed E-state index contributed by atoms with van der Waals surface area (Å²) in [4.78, 5) is 31.5. The van der Waals surface area contributed by atoms with E-state index in [-0.39, 0.29) is 26.4 Å². The van der Waals surface area contributed by atoms with Gasteiger partial charge in [0.15, 0.2) is 5.78 Å². The van der Waals surface area contributed by atoms with Crippen LogP contribution in [0.4, 0.5) is 8.78 Å². The molecule has 0 aliphatic carbocycles. The van der Waals surface area contributed by atoms with Crippen LogP contribution in [0.3, 0.4) is 0 Å². The highest BCUT2D eigenvalue weighted by molar-refractivity contribution is 6.00. The Kier molecular flexibility index (Phi) is 15.7. The number of carbonyl (C=O) groups is 3. The zero-order chi connectivity index (χ0) is 21.5. The summed E-state index contributed by atoms with van der Waals surface area (Å²) in [5, 5.41) is 15.2. The smallest absolute Gasteiger partial charge is 0.348 e. The summed E-state index contributed by atoms with van der Waals surface area (Å²) in [6, 6.07) is 0. The van der Waals surface area contributed by atoms with E-state index >= 15 is 0 Å². The maximum atomic E-state index is 13.3. The molecule has 11 heteroatoms. The number of ketones is 1. The van der Waals surface area contributed by atoms with E-state index in [1.54, 1.807) is 13.8 Å². The Morgan fingerprint density at radius 2 is 1.41 bits per heavy atom. The lowest BCUT2D eigenvalue weighted by molar-refractivity contribution is -0.203. The molecule has 1 heterocycles. The molecule has 1 rings (SSSR count). The van der Waals surface area contributed by atoms with Crippen LogP contribution in [0.5, 0.6) is 0 Å². The van der Waals surface area contributed by atoms with Crippen molar-refractivity contribution in [2.24, 2.45) is 0 Å². The van der Waals surface area contributed by atoms with Crippen molar-refractivity contribution < 1.29 is 52.3 Å². The second-order valence-corrected chi connectivity index (χ2v) is 5.00. The number of halogens is 2. The van der Waals surface area contributed by atoms with Crippen molar-refractivity contribution in [2.45, 2.75) is 45.8 Å². The molecule has 160 valence electrons. The van der Waals surface area contributed by atoms with Crippen LogP contribution in [0.15, 0.2) is 0 Å². The molecule has 1 saturated heterocycles. The van der Waals surface area contributed by atoms with Crippen LogP contribution in [-0.2, 0) is 33.3 Å². The van der Waals surface area contributed by atoms with Gasteiger partial charge in [-0.15, -0.1) is 0 Å². The SMILES string of the molecule is CCOC(=O)C(F)C(C)=O.CCOC(=O)C(F)C1(C)OCCO1.OCCO. The van der Waals surface area contributed by atoms with Crippen molar-refractivity contribution in [3.8, 4) is 0 Å². The highest BCUT2D eigenvalue weighted by atomic mass is 19.1. The van der Waals surface area contributed by atoms with Crippen molar-refractivity contribution in [3.63, 3.8) is 0 Å². The van der Waals surface area contributed by atoms with Crippen molar-refractivity contribution in [1.82, 2.24) is 0 Å². The highest BCUT2D eigenvalue weighted by Crippen LogP contribution is 2.25. The van der Waals surface area contributed by atoms with E-state index in [2.05, 4.69) is 9.47 Å². The van der Waals surface area contributed by atoms with Gasteiger partial charge >= 0.3 is 11.9 Å². The lowest BCUT2D eigenvalue weighted by atomic mass is 10.2. The predicted octanol–water partition coefficient (Wildman–Crippen LogP) is 0.0982. The number of esters is 2. The van der Waals surface area contributed by atoms with Crippen LogP contribution in [0.1, 0.15) is 27.7 Å². The number of rotatable bonds is 7. The lowest BCUT2D eigenvalue weighted by Gasteiger charge is -2.24. The van der Waals surface area contributed by atoms with Gasteiger partial charge in [0.25, 0.3) is 6.17 Å². The first-order valence-electron chi connectivity index (χ1n) is 8.22. The number of Topliss-reactive ketones (excluding diaryl/α,β-unsaturated/α-hetero) is 1. The third kappa shape index (κ3) is 11.6. The second-order valence-electron chi connectivity index (χ2n) is 5.00. The van der Waals surface area contributed by atoms with Gasteiger partial charge in [-0.1, -0.05) is 0 Å². The highest BCUT2D eigenvalue weighted by Gasteiger charge is 2.45. The zero-order valence-electron chi connectivity index (χ0n) is 15.9. The number of aliphatic hydroxyl groups excluding tert-OH is 2. The molecular formula is C16H28F2O9. The minimum absolute atomic E-state index is 0.0898. The van der Waals surface area contributed by atoms with Crippen LogP contribution in [0.2, 0.25) is 0 Å². The summed E-state index contributed by atoms with van der Waals surface area (Å²) >= 11 is 0. The van der Waals surface area contributed by atoms with Gasteiger partial charge in [0, 0.05) is 0 Å². The van der Waals surface area contributed by atoms with Crippen molar-refractivity contribution >= 4 is 17.7 Å². The number of carbonyl (C=O) groups excluding carboxylic acids is 3. The standard InChI is InChI=1S/C8H13FO4.C6H9FO3.C2H6O2/c1-3-11-7(10)6(9)8(2)12-4-5-13-8;1-3-10-6(9)5(7)4(2)8;3-1-2-4/h6H,3-5H2,1-2H3;5H,3H2,1-2H3;3-4H,1-2H2. The van der Waals surface area contributed by atoms with Crippen LogP contribution in [-0.4, -0.2) is 85.7 Å². The fourth-order valence-corrected chi connectivity index (χ4v) is 1.49. The Balaban J connectivity index is 0. The number of hydrogen-bond donors (Lipinski definition) is 2. The maximum absolute atomic E-state index is 13.3. The molecule has 0 saturated carbocycles. The third-order valence-corrected chi connectivity index (χ3v) is 2.77. The largest absolute Gasteiger partial charge is 0.464 e. The topological polar surface area (TPSA) is 129 Å². The molecule has 1 aliphatic heterocycles. The molecule has 0 bridgehead atoms. The number of aliphatic hydroxyl groups is 2. The van der Waals surface area contributed by atoms with Crippen molar-refractivity contribution in [3.05, 3.63) is 0 Å². The minimum atomic E-state index is -2.11. The van der Waals surface area contributed by atoms with E-state index < -0.39 is 35.9 Å². The van der Waals surface area contributed by atoms with Crippen LogP contribution in [0, 0.1) is 0 Å². The van der Waals surface area contributed by atoms with E-state index in [9.17, 15) is 23.2 Å². The van der Waals surface area contributed by atoms with E-state index in [1.807, 2.05) is 0 Å². The van der Waals surface area contributed by atoms with Gasteiger partial charge in [-0.3, -0.25) is 4.79 Å². The monoisotopic (exact) mass is 402 g/mol. The summed E-state index contributed by atoms with van der Waals surface area (Å²) in [5.41, 5.74) is 0. The molecule has 0 radical (unpaired) electrons. The van der Waals surface area contributed by atoms with E-state index in [0.29, 0.717) is 13.2 Å². The van der Waals surface area contributed by atoms with Gasteiger partial charge in [-0.05, 0) is 27.7 Å². The molecule has 2 atom stereocenters. The van der Waals surface area contributed by atoms with E-state index in [1.165, 1.54) is 6.92 Å². The molecule has 0 aromatic heterocycles. The second kappa shape index (κ2) is 15.4. The first kappa shape index (κ1) is 27.5. The van der Waals surface area contributed by atoms with Gasteiger partial charge in [0.1, 0.15) is 0 Å². The van der Waals surface area contributed by atoms with Gasteiger partial charge in [-0.2, -0.15) is 0 Å². The Labute approximate surface area is 156 Å². The normalized spacial score (nSPS) is 16.6. The molecule has 2 N–H and O–H groups in total. The van der Waals surface area contributed by atoms with E-state index in [0.717, 1.165) is 6.92 Å². The third-order valence-electron chi connectivity index (χ3n) is 2.77. The molecule has 0 spiro atoms. The Hall–Kier alpha value is -1.69. The minimum Gasteiger partial charge on any atom is -0.464 e. The fraction of sp³-hybridized carbons (Fsp3) is 0.812. The maximum Gasteiger partial charge on any atom is 0.348 e. The Morgan fingerprint density at radius 1 is 1.00 bits per heavy atom. The summed E-state index contributed by atoms with van der Waals surface area (Å²) < 4.78 is 44.3. The Bertz CT molecular complexity index is 438. The molecule has 1 aliphatic rings. The number of alkyl halides is 2. The molecule has 0 aromatic carbocycles. The molecular weight excluding hydrogens is 374 g/mol. The molecule has 0 aromatic rings. The Morgan fingerprint density at radius 3 is 1.74 bits per heavy atom. The first-order valence-corrected chi connectivity index (χ1v) is 8.22. The number of ether oxygens (including phenoxy) is 4. The number of hydrogen-bond acceptors (Lipinski definition) is 9. The lowest BCUT2D eigenvalue weighted by Crippen LogP contribution is -2.43. The average Bonchev–Trinajstić information content (AvgIpc) is 3.09. The van der Waals surface area contributed by atoms with Gasteiger partial charge < -0.3 is 29.2 Å². The average molecular weight is 402 g/mol. The fourth-order valence-electron chi connectivity index (χ4n) is 1.49. The van der Waals surface area contributed by atoms with Crippen LogP contribution >= 0.6 is 0 Å². The summed E-state index contributed by atoms with van der Waals surface area (Å²) in [6.45, 7) is 6.14. The molecule has 27 heavy (non-hydrogen) atoms. The summed E-state index contributed by atoms with van der Waals surface area (Å²) in [5.74, 6) is -4.33. The van der Waals surface area contributed by atoms with Gasteiger partial charge in [-0.25, -0.2) is 18.4 Å². The van der Waals surface area contributed by atoms with Crippen molar-refractivity contribution in [1.29, 1.82) is 0 Å². The predicted molar refractivity (Wildman–Crippen MR) is 88.2 cm³/mol. The molecule has 2 unspecified atom stereocenters. The summed E-state index contributed by atoms with van der Waals surface area (Å²) in [6.07, 6.45) is -3.99. The summed E-state index contributed by atoms with van der Waals surface area (Å²) in [7, 11) is 0. The van der Waals surface area contributed by atoms with Crippen molar-refractivity contribution in [2.75, 3.05) is 39.6 Å². The van der Waals surface area contributed by atoms with Gasteiger partial charge in [0.2, 0.25) is 12.0 Å². The van der Waals surface area contributed by atoms with Crippen LogP contribution < -0.4 is 0 Å². The molecule has 1 fully saturated rings. The molecule has 0 amide bonds. The first-order chi connectivity index (χ1) is 12.6. The van der Waals surface area contributed by atoms with Crippen LogP contribution in [0.25, 0.3) is 0 Å². The zero-order valence-corrected chi connectivity index (χ0v) is 15.9. The van der Waals surface area contributed by atoms with E-state index in [4.69, 9.17) is 19.7 Å². The molecule has 9 nitrogen and oxygen atoms in total. The van der Waals surface area contributed by atoms with Gasteiger partial charge in [0.05, 0.1) is 39.6 Å². The quantitative estimate of drug-likeness (QED) is 0.450.